The molecule has 2 heterocycles. The fourth-order valence-electron chi connectivity index (χ4n) is 4.43. The van der Waals surface area contributed by atoms with Gasteiger partial charge in [0, 0.05) is 17.9 Å². The van der Waals surface area contributed by atoms with Gasteiger partial charge in [0.15, 0.2) is 0 Å². The number of halogens is 1. The second-order valence-electron chi connectivity index (χ2n) is 6.79. The second kappa shape index (κ2) is 6.44. The SMILES string of the molecule is BrCCC1CCCCN1CC1CCC2(CCCC2)O1. The molecule has 3 aliphatic rings. The largest absolute Gasteiger partial charge is 0.370 e. The average molecular weight is 330 g/mol. The maximum Gasteiger partial charge on any atom is 0.0710 e. The summed E-state index contributed by atoms with van der Waals surface area (Å²) >= 11 is 3.62. The van der Waals surface area contributed by atoms with E-state index in [4.69, 9.17) is 4.74 Å². The van der Waals surface area contributed by atoms with Gasteiger partial charge < -0.3 is 4.74 Å². The Morgan fingerprint density at radius 3 is 2.68 bits per heavy atom. The van der Waals surface area contributed by atoms with Crippen LogP contribution in [0.1, 0.15) is 64.2 Å². The zero-order valence-corrected chi connectivity index (χ0v) is 13.7. The van der Waals surface area contributed by atoms with Crippen molar-refractivity contribution >= 4 is 15.9 Å². The zero-order chi connectivity index (χ0) is 13.1. The van der Waals surface area contributed by atoms with Gasteiger partial charge in [-0.3, -0.25) is 4.90 Å². The minimum atomic E-state index is 0.311. The quantitative estimate of drug-likeness (QED) is 0.719. The lowest BCUT2D eigenvalue weighted by Gasteiger charge is -2.37. The molecule has 2 nitrogen and oxygen atoms in total. The Bertz CT molecular complexity index is 288. The molecule has 0 N–H and O–H groups in total. The third-order valence-electron chi connectivity index (χ3n) is 5.48. The van der Waals surface area contributed by atoms with Crippen LogP contribution >= 0.6 is 15.9 Å². The summed E-state index contributed by atoms with van der Waals surface area (Å²) in [4.78, 5) is 2.73. The summed E-state index contributed by atoms with van der Waals surface area (Å²) < 4.78 is 6.49. The van der Waals surface area contributed by atoms with E-state index in [-0.39, 0.29) is 0 Å². The average Bonchev–Trinajstić information content (AvgIpc) is 3.03. The number of hydrogen-bond acceptors (Lipinski definition) is 2. The van der Waals surface area contributed by atoms with Crippen molar-refractivity contribution in [2.24, 2.45) is 0 Å². The molecule has 0 aromatic carbocycles. The van der Waals surface area contributed by atoms with Crippen molar-refractivity contribution in [1.82, 2.24) is 4.90 Å². The minimum absolute atomic E-state index is 0.311. The van der Waals surface area contributed by atoms with E-state index in [9.17, 15) is 0 Å². The normalized spacial score (nSPS) is 35.2. The molecule has 0 radical (unpaired) electrons. The maximum absolute atomic E-state index is 6.49. The van der Waals surface area contributed by atoms with Crippen LogP contribution < -0.4 is 0 Å². The first-order chi connectivity index (χ1) is 9.31. The maximum atomic E-state index is 6.49. The highest BCUT2D eigenvalue weighted by Crippen LogP contribution is 2.43. The zero-order valence-electron chi connectivity index (χ0n) is 12.1. The van der Waals surface area contributed by atoms with Gasteiger partial charge in [0.25, 0.3) is 0 Å². The van der Waals surface area contributed by atoms with Crippen LogP contribution in [-0.4, -0.2) is 41.1 Å². The molecule has 2 saturated heterocycles. The number of likely N-dealkylation sites (tertiary alicyclic amines) is 1. The molecule has 3 rings (SSSR count). The van der Waals surface area contributed by atoms with Crippen LogP contribution in [0.2, 0.25) is 0 Å². The molecular weight excluding hydrogens is 302 g/mol. The van der Waals surface area contributed by atoms with Crippen molar-refractivity contribution in [3.8, 4) is 0 Å². The Morgan fingerprint density at radius 2 is 1.89 bits per heavy atom. The second-order valence-corrected chi connectivity index (χ2v) is 7.58. The van der Waals surface area contributed by atoms with Gasteiger partial charge >= 0.3 is 0 Å². The molecule has 0 bridgehead atoms. The number of rotatable bonds is 4. The summed E-state index contributed by atoms with van der Waals surface area (Å²) in [6.45, 7) is 2.49. The van der Waals surface area contributed by atoms with Crippen molar-refractivity contribution in [1.29, 1.82) is 0 Å². The van der Waals surface area contributed by atoms with Gasteiger partial charge in [-0.2, -0.15) is 0 Å². The van der Waals surface area contributed by atoms with Gasteiger partial charge in [-0.25, -0.2) is 0 Å². The number of piperidine rings is 1. The Kier molecular flexibility index (Phi) is 4.86. The van der Waals surface area contributed by atoms with Crippen molar-refractivity contribution < 1.29 is 4.74 Å². The van der Waals surface area contributed by atoms with Crippen molar-refractivity contribution in [3.05, 3.63) is 0 Å². The van der Waals surface area contributed by atoms with Gasteiger partial charge in [0.2, 0.25) is 0 Å². The molecule has 0 aromatic rings. The van der Waals surface area contributed by atoms with Crippen LogP contribution in [0.5, 0.6) is 0 Å². The molecular formula is C16H28BrNO. The molecule has 19 heavy (non-hydrogen) atoms. The van der Waals surface area contributed by atoms with Crippen LogP contribution in [0.3, 0.4) is 0 Å². The molecule has 0 amide bonds. The van der Waals surface area contributed by atoms with E-state index < -0.39 is 0 Å². The standard InChI is InChI=1S/C16H28BrNO/c17-11-7-14-5-1-4-12-18(14)13-15-6-10-16(19-15)8-2-3-9-16/h14-15H,1-13H2. The number of alkyl halides is 1. The van der Waals surface area contributed by atoms with E-state index >= 15 is 0 Å². The summed E-state index contributed by atoms with van der Waals surface area (Å²) in [5, 5.41) is 1.14. The number of ether oxygens (including phenoxy) is 1. The third-order valence-corrected chi connectivity index (χ3v) is 5.94. The smallest absolute Gasteiger partial charge is 0.0710 e. The fourth-order valence-corrected chi connectivity index (χ4v) is 4.95. The highest BCUT2D eigenvalue weighted by molar-refractivity contribution is 9.09. The molecule has 3 heteroatoms. The molecule has 110 valence electrons. The monoisotopic (exact) mass is 329 g/mol. The summed E-state index contributed by atoms with van der Waals surface area (Å²) in [6.07, 6.45) is 14.1. The molecule has 1 saturated carbocycles. The van der Waals surface area contributed by atoms with Crippen LogP contribution in [0.15, 0.2) is 0 Å². The van der Waals surface area contributed by atoms with Crippen LogP contribution in [0.4, 0.5) is 0 Å². The lowest BCUT2D eigenvalue weighted by atomic mass is 9.97. The Labute approximate surface area is 126 Å². The number of nitrogens with zero attached hydrogens (tertiary/aromatic N) is 1. The van der Waals surface area contributed by atoms with Crippen molar-refractivity contribution in [3.63, 3.8) is 0 Å². The van der Waals surface area contributed by atoms with E-state index in [1.165, 1.54) is 77.3 Å². The predicted molar refractivity (Wildman–Crippen MR) is 82.9 cm³/mol. The predicted octanol–water partition coefficient (Wildman–Crippen LogP) is 4.12. The van der Waals surface area contributed by atoms with Crippen LogP contribution in [-0.2, 0) is 4.74 Å². The van der Waals surface area contributed by atoms with E-state index in [1.807, 2.05) is 0 Å². The number of hydrogen-bond donors (Lipinski definition) is 0. The van der Waals surface area contributed by atoms with E-state index in [1.54, 1.807) is 0 Å². The molecule has 1 spiro atoms. The molecule has 1 aliphatic carbocycles. The van der Waals surface area contributed by atoms with Gasteiger partial charge in [0.05, 0.1) is 11.7 Å². The van der Waals surface area contributed by atoms with Gasteiger partial charge in [0.1, 0.15) is 0 Å². The highest BCUT2D eigenvalue weighted by Gasteiger charge is 2.42. The summed E-state index contributed by atoms with van der Waals surface area (Å²) in [5.74, 6) is 0. The minimum Gasteiger partial charge on any atom is -0.370 e. The first-order valence-corrected chi connectivity index (χ1v) is 9.41. The molecule has 0 aromatic heterocycles. The first-order valence-electron chi connectivity index (χ1n) is 8.29. The molecule has 2 aliphatic heterocycles. The fraction of sp³-hybridized carbons (Fsp3) is 1.00. The molecule has 2 unspecified atom stereocenters. The van der Waals surface area contributed by atoms with Gasteiger partial charge in [-0.15, -0.1) is 0 Å². The van der Waals surface area contributed by atoms with Gasteiger partial charge in [-0.1, -0.05) is 35.2 Å². The Morgan fingerprint density at radius 1 is 1.05 bits per heavy atom. The van der Waals surface area contributed by atoms with E-state index in [2.05, 4.69) is 20.8 Å². The topological polar surface area (TPSA) is 12.5 Å². The Hall–Kier alpha value is 0.400. The van der Waals surface area contributed by atoms with Crippen molar-refractivity contribution in [2.75, 3.05) is 18.4 Å². The lowest BCUT2D eigenvalue weighted by Crippen LogP contribution is -2.44. The van der Waals surface area contributed by atoms with Gasteiger partial charge in [-0.05, 0) is 51.5 Å². The van der Waals surface area contributed by atoms with E-state index in [0.717, 1.165) is 11.4 Å². The van der Waals surface area contributed by atoms with Crippen LogP contribution in [0, 0.1) is 0 Å². The lowest BCUT2D eigenvalue weighted by molar-refractivity contribution is -0.0541. The highest BCUT2D eigenvalue weighted by atomic mass is 79.9. The van der Waals surface area contributed by atoms with Crippen molar-refractivity contribution in [2.45, 2.75) is 82.0 Å². The summed E-state index contributed by atoms with van der Waals surface area (Å²) in [7, 11) is 0. The third kappa shape index (κ3) is 3.36. The Balaban J connectivity index is 1.52. The first kappa shape index (κ1) is 14.3. The van der Waals surface area contributed by atoms with E-state index in [0.29, 0.717) is 11.7 Å². The molecule has 2 atom stereocenters. The summed E-state index contributed by atoms with van der Waals surface area (Å²) in [6, 6.07) is 0.803. The van der Waals surface area contributed by atoms with Crippen LogP contribution in [0.25, 0.3) is 0 Å². The summed E-state index contributed by atoms with van der Waals surface area (Å²) in [5.41, 5.74) is 0.311. The molecule has 3 fully saturated rings.